The number of ether oxygens (including phenoxy) is 1. The van der Waals surface area contributed by atoms with Crippen LogP contribution < -0.4 is 15.1 Å². The minimum absolute atomic E-state index is 0.100. The quantitative estimate of drug-likeness (QED) is 0.321. The molecule has 5 nitrogen and oxygen atoms in total. The van der Waals surface area contributed by atoms with Gasteiger partial charge in [-0.3, -0.25) is 14.5 Å². The molecule has 5 rings (SSSR count). The van der Waals surface area contributed by atoms with Gasteiger partial charge in [0.25, 0.3) is 5.91 Å². The number of hydrogen-bond acceptors (Lipinski definition) is 4. The van der Waals surface area contributed by atoms with E-state index in [4.69, 9.17) is 9.15 Å². The maximum Gasteiger partial charge on any atom is 0.295 e. The molecule has 1 unspecified atom stereocenters. The zero-order chi connectivity index (χ0) is 24.7. The SMILES string of the molecule is Cc1ccc(N2C(=O)c3oc4ccc(C)cc4c(=O)c3C2c2cccc(OCCC(C)C)c2)cc1. The largest absolute Gasteiger partial charge is 0.494 e. The van der Waals surface area contributed by atoms with Crippen LogP contribution in [0.3, 0.4) is 0 Å². The number of benzene rings is 3. The Labute approximate surface area is 205 Å². The van der Waals surface area contributed by atoms with E-state index in [1.54, 1.807) is 11.0 Å². The lowest BCUT2D eigenvalue weighted by molar-refractivity contribution is 0.0971. The van der Waals surface area contributed by atoms with Crippen LogP contribution in [0.5, 0.6) is 5.75 Å². The molecule has 1 aliphatic rings. The summed E-state index contributed by atoms with van der Waals surface area (Å²) in [5, 5.41) is 0.483. The van der Waals surface area contributed by atoms with E-state index in [0.717, 1.165) is 23.1 Å². The zero-order valence-electron chi connectivity index (χ0n) is 20.5. The van der Waals surface area contributed by atoms with Crippen LogP contribution >= 0.6 is 0 Å². The van der Waals surface area contributed by atoms with Crippen LogP contribution in [0.2, 0.25) is 0 Å². The number of anilines is 1. The first-order valence-corrected chi connectivity index (χ1v) is 12.0. The van der Waals surface area contributed by atoms with Crippen molar-refractivity contribution in [3.05, 3.63) is 105 Å². The fourth-order valence-electron chi connectivity index (χ4n) is 4.56. The van der Waals surface area contributed by atoms with Crippen molar-refractivity contribution in [2.45, 2.75) is 40.2 Å². The summed E-state index contributed by atoms with van der Waals surface area (Å²) in [5.41, 5.74) is 4.17. The average molecular weight is 468 g/mol. The van der Waals surface area contributed by atoms with E-state index in [2.05, 4.69) is 13.8 Å². The summed E-state index contributed by atoms with van der Waals surface area (Å²) in [7, 11) is 0. The van der Waals surface area contributed by atoms with Crippen LogP contribution in [0.15, 0.2) is 75.9 Å². The van der Waals surface area contributed by atoms with Crippen LogP contribution in [-0.4, -0.2) is 12.5 Å². The predicted octanol–water partition coefficient (Wildman–Crippen LogP) is 6.58. The van der Waals surface area contributed by atoms with Crippen molar-refractivity contribution in [2.75, 3.05) is 11.5 Å². The van der Waals surface area contributed by atoms with Crippen molar-refractivity contribution in [3.8, 4) is 5.75 Å². The molecule has 1 aromatic heterocycles. The van der Waals surface area contributed by atoms with Crippen LogP contribution in [0.25, 0.3) is 11.0 Å². The highest BCUT2D eigenvalue weighted by Crippen LogP contribution is 2.42. The molecule has 0 bridgehead atoms. The van der Waals surface area contributed by atoms with E-state index >= 15 is 0 Å². The van der Waals surface area contributed by atoms with Gasteiger partial charge in [-0.2, -0.15) is 0 Å². The number of amides is 1. The molecule has 178 valence electrons. The van der Waals surface area contributed by atoms with Gasteiger partial charge in [-0.25, -0.2) is 0 Å². The number of rotatable bonds is 6. The van der Waals surface area contributed by atoms with Gasteiger partial charge < -0.3 is 9.15 Å². The molecule has 35 heavy (non-hydrogen) atoms. The third kappa shape index (κ3) is 4.23. The molecule has 0 saturated heterocycles. The fourth-order valence-corrected chi connectivity index (χ4v) is 4.56. The highest BCUT2D eigenvalue weighted by atomic mass is 16.5. The van der Waals surface area contributed by atoms with E-state index in [9.17, 15) is 9.59 Å². The van der Waals surface area contributed by atoms with E-state index in [0.29, 0.717) is 40.5 Å². The van der Waals surface area contributed by atoms with Gasteiger partial charge in [0.15, 0.2) is 5.43 Å². The van der Waals surface area contributed by atoms with Gasteiger partial charge in [0.05, 0.1) is 23.6 Å². The lowest BCUT2D eigenvalue weighted by Crippen LogP contribution is -2.29. The molecular weight excluding hydrogens is 438 g/mol. The fraction of sp³-hybridized carbons (Fsp3) is 0.267. The predicted molar refractivity (Wildman–Crippen MR) is 138 cm³/mol. The summed E-state index contributed by atoms with van der Waals surface area (Å²) in [4.78, 5) is 29.2. The lowest BCUT2D eigenvalue weighted by atomic mass is 9.97. The first-order valence-electron chi connectivity index (χ1n) is 12.0. The smallest absolute Gasteiger partial charge is 0.295 e. The van der Waals surface area contributed by atoms with Crippen LogP contribution in [0.1, 0.15) is 59.1 Å². The molecule has 0 N–H and O–H groups in total. The molecule has 0 saturated carbocycles. The number of hydrogen-bond donors (Lipinski definition) is 0. The molecule has 1 aliphatic heterocycles. The molecule has 1 atom stereocenters. The van der Waals surface area contributed by atoms with Gasteiger partial charge >= 0.3 is 0 Å². The molecule has 4 aromatic rings. The number of nitrogens with zero attached hydrogens (tertiary/aromatic N) is 1. The van der Waals surface area contributed by atoms with Crippen molar-refractivity contribution < 1.29 is 13.9 Å². The normalized spacial score (nSPS) is 15.2. The molecule has 0 spiro atoms. The summed E-state index contributed by atoms with van der Waals surface area (Å²) in [6, 6.07) is 20.2. The Balaban J connectivity index is 1.68. The van der Waals surface area contributed by atoms with Crippen LogP contribution in [0, 0.1) is 19.8 Å². The average Bonchev–Trinajstić information content (AvgIpc) is 3.13. The Morgan fingerprint density at radius 3 is 2.43 bits per heavy atom. The Morgan fingerprint density at radius 2 is 1.69 bits per heavy atom. The Morgan fingerprint density at radius 1 is 0.943 bits per heavy atom. The van der Waals surface area contributed by atoms with E-state index in [1.165, 1.54) is 0 Å². The molecule has 0 radical (unpaired) electrons. The molecular formula is C30H29NO4. The molecule has 5 heteroatoms. The summed E-state index contributed by atoms with van der Waals surface area (Å²) in [6.45, 7) is 8.86. The summed E-state index contributed by atoms with van der Waals surface area (Å²) in [6.07, 6.45) is 0.944. The summed E-state index contributed by atoms with van der Waals surface area (Å²) >= 11 is 0. The number of carbonyl (C=O) groups excluding carboxylic acids is 1. The van der Waals surface area contributed by atoms with Crippen molar-refractivity contribution >= 4 is 22.6 Å². The van der Waals surface area contributed by atoms with Crippen LogP contribution in [-0.2, 0) is 0 Å². The highest BCUT2D eigenvalue weighted by molar-refractivity contribution is 6.10. The van der Waals surface area contributed by atoms with E-state index in [1.807, 2.05) is 74.5 Å². The zero-order valence-corrected chi connectivity index (χ0v) is 20.5. The van der Waals surface area contributed by atoms with Gasteiger partial charge in [-0.05, 0) is 68.1 Å². The minimum atomic E-state index is -0.616. The van der Waals surface area contributed by atoms with Gasteiger partial charge in [0.1, 0.15) is 11.3 Å². The highest BCUT2D eigenvalue weighted by Gasteiger charge is 2.43. The number of carbonyl (C=O) groups is 1. The first-order chi connectivity index (χ1) is 16.8. The molecule has 1 amide bonds. The Kier molecular flexibility index (Phi) is 5.93. The molecule has 3 aromatic carbocycles. The Hall–Kier alpha value is -3.86. The van der Waals surface area contributed by atoms with Crippen molar-refractivity contribution in [1.82, 2.24) is 0 Å². The second-order valence-corrected chi connectivity index (χ2v) is 9.69. The molecule has 0 aliphatic carbocycles. The first kappa shape index (κ1) is 22.9. The number of fused-ring (bicyclic) bond motifs is 2. The summed E-state index contributed by atoms with van der Waals surface area (Å²) < 4.78 is 12.1. The third-order valence-electron chi connectivity index (χ3n) is 6.48. The second-order valence-electron chi connectivity index (χ2n) is 9.69. The van der Waals surface area contributed by atoms with Gasteiger partial charge in [-0.15, -0.1) is 0 Å². The monoisotopic (exact) mass is 467 g/mol. The van der Waals surface area contributed by atoms with Crippen molar-refractivity contribution in [3.63, 3.8) is 0 Å². The Bertz CT molecular complexity index is 1470. The third-order valence-corrected chi connectivity index (χ3v) is 6.48. The van der Waals surface area contributed by atoms with E-state index in [-0.39, 0.29) is 17.1 Å². The van der Waals surface area contributed by atoms with Gasteiger partial charge in [-0.1, -0.05) is 55.3 Å². The lowest BCUT2D eigenvalue weighted by Gasteiger charge is -2.25. The maximum atomic E-state index is 13.8. The van der Waals surface area contributed by atoms with Crippen molar-refractivity contribution in [2.24, 2.45) is 5.92 Å². The maximum absolute atomic E-state index is 13.8. The number of aryl methyl sites for hydroxylation is 2. The van der Waals surface area contributed by atoms with Gasteiger partial charge in [0.2, 0.25) is 5.76 Å². The van der Waals surface area contributed by atoms with E-state index < -0.39 is 6.04 Å². The molecule has 2 heterocycles. The second kappa shape index (κ2) is 9.06. The minimum Gasteiger partial charge on any atom is -0.494 e. The summed E-state index contributed by atoms with van der Waals surface area (Å²) in [5.74, 6) is 1.03. The van der Waals surface area contributed by atoms with Crippen molar-refractivity contribution in [1.29, 1.82) is 0 Å². The topological polar surface area (TPSA) is 59.8 Å². The van der Waals surface area contributed by atoms with Gasteiger partial charge in [0, 0.05) is 5.69 Å². The standard InChI is InChI=1S/C30H29NO4/c1-18(2)14-15-34-23-7-5-6-21(17-23)27-26-28(32)24-16-20(4)10-13-25(24)35-29(26)30(33)31(27)22-11-8-19(3)9-12-22/h5-13,16-18,27H,14-15H2,1-4H3. The molecule has 0 fully saturated rings. The van der Waals surface area contributed by atoms with Crippen LogP contribution in [0.4, 0.5) is 5.69 Å².